The molecule has 3 N–H and O–H groups in total. The molecule has 2 aromatic rings. The molecule has 0 atom stereocenters. The van der Waals surface area contributed by atoms with Crippen LogP contribution in [0, 0.1) is 6.92 Å². The van der Waals surface area contributed by atoms with Crippen molar-refractivity contribution in [1.82, 2.24) is 19.9 Å². The summed E-state index contributed by atoms with van der Waals surface area (Å²) in [7, 11) is 0. The topological polar surface area (TPSA) is 103 Å². The second kappa shape index (κ2) is 5.96. The Morgan fingerprint density at radius 1 is 1.35 bits per heavy atom. The van der Waals surface area contributed by atoms with Crippen LogP contribution in [0.2, 0.25) is 0 Å². The van der Waals surface area contributed by atoms with Crippen molar-refractivity contribution in [2.75, 3.05) is 5.73 Å². The molecule has 0 aromatic carbocycles. The summed E-state index contributed by atoms with van der Waals surface area (Å²) in [5.41, 5.74) is 7.20. The van der Waals surface area contributed by atoms with Gasteiger partial charge in [0.1, 0.15) is 6.54 Å². The summed E-state index contributed by atoms with van der Waals surface area (Å²) in [4.78, 5) is 31.5. The zero-order valence-electron chi connectivity index (χ0n) is 11.0. The van der Waals surface area contributed by atoms with Gasteiger partial charge in [-0.3, -0.25) is 19.6 Å². The van der Waals surface area contributed by atoms with Gasteiger partial charge in [0.05, 0.1) is 24.1 Å². The number of aromatic nitrogens is 3. The number of nitrogen functional groups attached to an aromatic ring is 1. The number of amides is 1. The maximum absolute atomic E-state index is 11.8. The predicted octanol–water partition coefficient (Wildman–Crippen LogP) is -0.155. The molecule has 7 heteroatoms. The van der Waals surface area contributed by atoms with Crippen molar-refractivity contribution in [3.8, 4) is 0 Å². The average Bonchev–Trinajstić information content (AvgIpc) is 2.42. The van der Waals surface area contributed by atoms with E-state index in [0.29, 0.717) is 11.4 Å². The van der Waals surface area contributed by atoms with Crippen LogP contribution in [0.1, 0.15) is 11.4 Å². The number of aryl methyl sites for hydroxylation is 1. The first-order chi connectivity index (χ1) is 9.54. The molecule has 2 rings (SSSR count). The average molecular weight is 273 g/mol. The van der Waals surface area contributed by atoms with E-state index in [0.717, 1.165) is 5.69 Å². The molecule has 0 bridgehead atoms. The number of pyridine rings is 1. The normalized spacial score (nSPS) is 10.2. The van der Waals surface area contributed by atoms with Crippen LogP contribution in [0.15, 0.2) is 35.5 Å². The molecule has 0 aliphatic rings. The van der Waals surface area contributed by atoms with E-state index in [2.05, 4.69) is 15.3 Å². The summed E-state index contributed by atoms with van der Waals surface area (Å²) in [6.07, 6.45) is 4.67. The quantitative estimate of drug-likeness (QED) is 0.806. The zero-order valence-corrected chi connectivity index (χ0v) is 11.0. The van der Waals surface area contributed by atoms with Crippen LogP contribution < -0.4 is 16.6 Å². The molecule has 2 aromatic heterocycles. The molecule has 1 amide bonds. The largest absolute Gasteiger partial charge is 0.398 e. The Kier molecular flexibility index (Phi) is 4.09. The Morgan fingerprint density at radius 3 is 2.85 bits per heavy atom. The number of hydrogen-bond donors (Lipinski definition) is 2. The summed E-state index contributed by atoms with van der Waals surface area (Å²) < 4.78 is 1.26. The van der Waals surface area contributed by atoms with Gasteiger partial charge in [0.25, 0.3) is 5.56 Å². The molecule has 7 nitrogen and oxygen atoms in total. The van der Waals surface area contributed by atoms with Crippen molar-refractivity contribution < 1.29 is 4.79 Å². The number of carbonyl (C=O) groups is 1. The fourth-order valence-electron chi connectivity index (χ4n) is 1.58. The summed E-state index contributed by atoms with van der Waals surface area (Å²) >= 11 is 0. The third kappa shape index (κ3) is 3.64. The molecule has 104 valence electrons. The highest BCUT2D eigenvalue weighted by Crippen LogP contribution is 1.96. The Hall–Kier alpha value is -2.70. The highest BCUT2D eigenvalue weighted by atomic mass is 16.2. The van der Waals surface area contributed by atoms with E-state index in [1.54, 1.807) is 12.4 Å². The van der Waals surface area contributed by atoms with Gasteiger partial charge < -0.3 is 15.6 Å². The third-order valence-corrected chi connectivity index (χ3v) is 2.62. The van der Waals surface area contributed by atoms with Crippen LogP contribution in [-0.4, -0.2) is 20.4 Å². The van der Waals surface area contributed by atoms with E-state index in [9.17, 15) is 9.59 Å². The summed E-state index contributed by atoms with van der Waals surface area (Å²) in [5, 5.41) is 2.67. The number of nitrogens with one attached hydrogen (secondary N) is 1. The smallest absolute Gasteiger partial charge is 0.251 e. The molecule has 2 heterocycles. The van der Waals surface area contributed by atoms with Crippen molar-refractivity contribution in [2.45, 2.75) is 20.0 Å². The van der Waals surface area contributed by atoms with Crippen molar-refractivity contribution in [1.29, 1.82) is 0 Å². The predicted molar refractivity (Wildman–Crippen MR) is 73.7 cm³/mol. The zero-order chi connectivity index (χ0) is 14.5. The van der Waals surface area contributed by atoms with E-state index in [1.165, 1.54) is 22.9 Å². The molecule has 20 heavy (non-hydrogen) atoms. The van der Waals surface area contributed by atoms with Crippen LogP contribution in [0.4, 0.5) is 5.69 Å². The second-order valence-electron chi connectivity index (χ2n) is 4.35. The lowest BCUT2D eigenvalue weighted by atomic mass is 10.4. The SMILES string of the molecule is Cc1cnc(CNC(=O)Cn2cc(N)ccc2=O)cn1. The van der Waals surface area contributed by atoms with Crippen LogP contribution in [0.3, 0.4) is 0 Å². The van der Waals surface area contributed by atoms with Gasteiger partial charge in [0.15, 0.2) is 0 Å². The maximum Gasteiger partial charge on any atom is 0.251 e. The van der Waals surface area contributed by atoms with Gasteiger partial charge in [-0.25, -0.2) is 0 Å². The van der Waals surface area contributed by atoms with E-state index >= 15 is 0 Å². The Morgan fingerprint density at radius 2 is 2.15 bits per heavy atom. The number of nitrogens with zero attached hydrogens (tertiary/aromatic N) is 3. The summed E-state index contributed by atoms with van der Waals surface area (Å²) in [6.45, 7) is 2.02. The van der Waals surface area contributed by atoms with Crippen LogP contribution in [0.5, 0.6) is 0 Å². The molecular formula is C13H15N5O2. The minimum Gasteiger partial charge on any atom is -0.398 e. The van der Waals surface area contributed by atoms with E-state index in [1.807, 2.05) is 6.92 Å². The van der Waals surface area contributed by atoms with Crippen molar-refractivity contribution in [3.63, 3.8) is 0 Å². The maximum atomic E-state index is 11.8. The number of rotatable bonds is 4. The molecule has 0 radical (unpaired) electrons. The molecular weight excluding hydrogens is 258 g/mol. The number of nitrogens with two attached hydrogens (primary N) is 1. The van der Waals surface area contributed by atoms with Crippen molar-refractivity contribution in [3.05, 3.63) is 52.5 Å². The van der Waals surface area contributed by atoms with Crippen LogP contribution >= 0.6 is 0 Å². The molecule has 0 fully saturated rings. The first kappa shape index (κ1) is 13.7. The highest BCUT2D eigenvalue weighted by Gasteiger charge is 2.05. The molecule has 0 saturated carbocycles. The standard InChI is InChI=1S/C13H15N5O2/c1-9-4-16-11(5-15-9)6-17-12(19)8-18-7-10(14)2-3-13(18)20/h2-5,7H,6,8,14H2,1H3,(H,17,19). The summed E-state index contributed by atoms with van der Waals surface area (Å²) in [5.74, 6) is -0.292. The van der Waals surface area contributed by atoms with Crippen LogP contribution in [-0.2, 0) is 17.9 Å². The van der Waals surface area contributed by atoms with Gasteiger partial charge >= 0.3 is 0 Å². The Labute approximate surface area is 115 Å². The monoisotopic (exact) mass is 273 g/mol. The lowest BCUT2D eigenvalue weighted by Gasteiger charge is -2.07. The van der Waals surface area contributed by atoms with Crippen molar-refractivity contribution in [2.24, 2.45) is 0 Å². The van der Waals surface area contributed by atoms with Gasteiger partial charge in [-0.15, -0.1) is 0 Å². The van der Waals surface area contributed by atoms with Crippen LogP contribution in [0.25, 0.3) is 0 Å². The number of carbonyl (C=O) groups excluding carboxylic acids is 1. The Bertz CT molecular complexity index is 663. The molecule has 0 unspecified atom stereocenters. The van der Waals surface area contributed by atoms with Gasteiger partial charge in [0.2, 0.25) is 5.91 Å². The number of hydrogen-bond acceptors (Lipinski definition) is 5. The number of anilines is 1. The highest BCUT2D eigenvalue weighted by molar-refractivity contribution is 5.75. The van der Waals surface area contributed by atoms with Gasteiger partial charge in [-0.1, -0.05) is 0 Å². The minimum absolute atomic E-state index is 0.0802. The minimum atomic E-state index is -0.292. The van der Waals surface area contributed by atoms with Gasteiger partial charge in [-0.2, -0.15) is 0 Å². The third-order valence-electron chi connectivity index (χ3n) is 2.62. The second-order valence-corrected chi connectivity index (χ2v) is 4.35. The van der Waals surface area contributed by atoms with Gasteiger partial charge in [0, 0.05) is 24.1 Å². The van der Waals surface area contributed by atoms with E-state index in [4.69, 9.17) is 5.73 Å². The first-order valence-corrected chi connectivity index (χ1v) is 6.05. The first-order valence-electron chi connectivity index (χ1n) is 6.05. The molecule has 0 aliphatic heterocycles. The van der Waals surface area contributed by atoms with Gasteiger partial charge in [-0.05, 0) is 13.0 Å². The Balaban J connectivity index is 1.94. The summed E-state index contributed by atoms with van der Waals surface area (Å²) in [6, 6.07) is 2.83. The molecule has 0 aliphatic carbocycles. The van der Waals surface area contributed by atoms with Crippen molar-refractivity contribution >= 4 is 11.6 Å². The van der Waals surface area contributed by atoms with E-state index < -0.39 is 0 Å². The van der Waals surface area contributed by atoms with E-state index in [-0.39, 0.29) is 24.6 Å². The molecule has 0 spiro atoms. The fraction of sp³-hybridized carbons (Fsp3) is 0.231. The fourth-order valence-corrected chi connectivity index (χ4v) is 1.58. The molecule has 0 saturated heterocycles. The lowest BCUT2D eigenvalue weighted by Crippen LogP contribution is -2.31. The lowest BCUT2D eigenvalue weighted by molar-refractivity contribution is -0.121.